The lowest BCUT2D eigenvalue weighted by Gasteiger charge is -2.33. The number of ether oxygens (including phenoxy) is 1. The molecule has 1 saturated heterocycles. The van der Waals surface area contributed by atoms with Gasteiger partial charge in [-0.15, -0.1) is 0 Å². The van der Waals surface area contributed by atoms with Gasteiger partial charge >= 0.3 is 0 Å². The van der Waals surface area contributed by atoms with Gasteiger partial charge in [-0.05, 0) is 41.8 Å². The minimum Gasteiger partial charge on any atom is -0.489 e. The first-order chi connectivity index (χ1) is 17.3. The average Bonchev–Trinajstić information content (AvgIpc) is 3.33. The van der Waals surface area contributed by atoms with E-state index in [0.29, 0.717) is 24.4 Å². The van der Waals surface area contributed by atoms with Crippen LogP contribution in [0, 0.1) is 5.41 Å². The van der Waals surface area contributed by atoms with Gasteiger partial charge < -0.3 is 15.4 Å². The largest absolute Gasteiger partial charge is 0.489 e. The van der Waals surface area contributed by atoms with E-state index in [-0.39, 0.29) is 29.6 Å². The molecule has 36 heavy (non-hydrogen) atoms. The molecule has 1 amide bonds. The minimum absolute atomic E-state index is 0.0440. The smallest absolute Gasteiger partial charge is 0.243 e. The second-order valence-corrected chi connectivity index (χ2v) is 11.0. The van der Waals surface area contributed by atoms with Crippen LogP contribution in [0.3, 0.4) is 0 Å². The zero-order valence-electron chi connectivity index (χ0n) is 19.7. The maximum absolute atomic E-state index is 13.8. The SMILES string of the molecule is N=C(N)c1cccc(OC2CC(C(=O)N3CCc4ccccc4C3)N(S(=O)(=O)c3ccccc3)C2)c1. The van der Waals surface area contributed by atoms with E-state index in [0.717, 1.165) is 12.0 Å². The van der Waals surface area contributed by atoms with Gasteiger partial charge in [0.25, 0.3) is 0 Å². The lowest BCUT2D eigenvalue weighted by atomic mass is 9.99. The Hall–Kier alpha value is -3.69. The molecule has 0 spiro atoms. The van der Waals surface area contributed by atoms with E-state index >= 15 is 0 Å². The van der Waals surface area contributed by atoms with Crippen molar-refractivity contribution in [2.24, 2.45) is 5.73 Å². The molecule has 3 aromatic carbocycles. The van der Waals surface area contributed by atoms with Gasteiger partial charge in [-0.3, -0.25) is 10.2 Å². The predicted molar refractivity (Wildman–Crippen MR) is 136 cm³/mol. The topological polar surface area (TPSA) is 117 Å². The average molecular weight is 505 g/mol. The molecule has 5 rings (SSSR count). The summed E-state index contributed by atoms with van der Waals surface area (Å²) < 4.78 is 34.7. The highest BCUT2D eigenvalue weighted by Gasteiger charge is 2.46. The van der Waals surface area contributed by atoms with Crippen molar-refractivity contribution in [1.82, 2.24) is 9.21 Å². The normalized spacial score (nSPS) is 20.1. The van der Waals surface area contributed by atoms with Crippen LogP contribution in [0.15, 0.2) is 83.8 Å². The molecule has 1 fully saturated rings. The first-order valence-electron chi connectivity index (χ1n) is 11.9. The highest BCUT2D eigenvalue weighted by atomic mass is 32.2. The van der Waals surface area contributed by atoms with Gasteiger partial charge in [0.2, 0.25) is 15.9 Å². The van der Waals surface area contributed by atoms with Crippen molar-refractivity contribution < 1.29 is 17.9 Å². The van der Waals surface area contributed by atoms with Crippen molar-refractivity contribution in [3.8, 4) is 5.75 Å². The van der Waals surface area contributed by atoms with E-state index < -0.39 is 22.2 Å². The Labute approximate surface area is 210 Å². The van der Waals surface area contributed by atoms with Gasteiger partial charge in [-0.25, -0.2) is 8.42 Å². The van der Waals surface area contributed by atoms with Gasteiger partial charge in [0, 0.05) is 25.1 Å². The van der Waals surface area contributed by atoms with Crippen LogP contribution in [0.1, 0.15) is 23.1 Å². The molecule has 0 radical (unpaired) electrons. The summed E-state index contributed by atoms with van der Waals surface area (Å²) in [6, 6.07) is 22.1. The summed E-state index contributed by atoms with van der Waals surface area (Å²) in [6.07, 6.45) is 0.433. The second-order valence-electron chi connectivity index (χ2n) is 9.10. The summed E-state index contributed by atoms with van der Waals surface area (Å²) in [6.45, 7) is 1.04. The number of hydrogen-bond donors (Lipinski definition) is 2. The molecule has 3 N–H and O–H groups in total. The molecule has 0 aromatic heterocycles. The van der Waals surface area contributed by atoms with Gasteiger partial charge in [-0.1, -0.05) is 54.6 Å². The summed E-state index contributed by atoms with van der Waals surface area (Å²) in [5.41, 5.74) is 8.42. The summed E-state index contributed by atoms with van der Waals surface area (Å²) in [5.74, 6) is 0.177. The minimum atomic E-state index is -3.93. The number of nitrogens with one attached hydrogen (secondary N) is 1. The highest BCUT2D eigenvalue weighted by molar-refractivity contribution is 7.89. The molecule has 2 unspecified atom stereocenters. The number of nitrogen functional groups attached to an aromatic ring is 1. The maximum Gasteiger partial charge on any atom is 0.243 e. The van der Waals surface area contributed by atoms with Crippen LogP contribution in [0.4, 0.5) is 0 Å². The third-order valence-electron chi connectivity index (χ3n) is 6.74. The molecule has 3 aromatic rings. The van der Waals surface area contributed by atoms with Gasteiger partial charge in [0.1, 0.15) is 23.7 Å². The van der Waals surface area contributed by atoms with Crippen molar-refractivity contribution in [3.05, 3.63) is 95.6 Å². The Balaban J connectivity index is 1.43. The lowest BCUT2D eigenvalue weighted by Crippen LogP contribution is -2.49. The fourth-order valence-electron chi connectivity index (χ4n) is 4.90. The van der Waals surface area contributed by atoms with Crippen LogP contribution in [-0.2, 0) is 27.8 Å². The highest BCUT2D eigenvalue weighted by Crippen LogP contribution is 2.31. The van der Waals surface area contributed by atoms with E-state index in [1.807, 2.05) is 18.2 Å². The number of amidine groups is 1. The molecular formula is C27H28N4O4S. The monoisotopic (exact) mass is 504 g/mol. The first-order valence-corrected chi connectivity index (χ1v) is 13.3. The Kier molecular flexibility index (Phi) is 6.51. The van der Waals surface area contributed by atoms with Crippen molar-refractivity contribution in [1.29, 1.82) is 5.41 Å². The molecule has 2 aliphatic heterocycles. The van der Waals surface area contributed by atoms with Crippen LogP contribution < -0.4 is 10.5 Å². The van der Waals surface area contributed by atoms with Gasteiger partial charge in [0.15, 0.2) is 0 Å². The van der Waals surface area contributed by atoms with Crippen molar-refractivity contribution in [3.63, 3.8) is 0 Å². The van der Waals surface area contributed by atoms with Crippen LogP contribution in [0.25, 0.3) is 0 Å². The van der Waals surface area contributed by atoms with Gasteiger partial charge in [-0.2, -0.15) is 4.31 Å². The number of nitrogens with zero attached hydrogens (tertiary/aromatic N) is 2. The standard InChI is InChI=1S/C27H28N4O4S/c28-26(29)20-9-6-10-22(15-20)35-23-16-25(31(18-23)36(33,34)24-11-2-1-3-12-24)27(32)30-14-13-19-7-4-5-8-21(19)17-30/h1-12,15,23,25H,13-14,16-18H2,(H3,28,29). The Morgan fingerprint density at radius 1 is 0.972 bits per heavy atom. The van der Waals surface area contributed by atoms with E-state index in [2.05, 4.69) is 6.07 Å². The third kappa shape index (κ3) is 4.72. The van der Waals surface area contributed by atoms with E-state index in [4.69, 9.17) is 15.9 Å². The number of carbonyl (C=O) groups is 1. The third-order valence-corrected chi connectivity index (χ3v) is 8.63. The maximum atomic E-state index is 13.8. The number of carbonyl (C=O) groups excluding carboxylic acids is 1. The number of benzene rings is 3. The molecular weight excluding hydrogens is 476 g/mol. The Bertz CT molecular complexity index is 1390. The van der Waals surface area contributed by atoms with Crippen LogP contribution >= 0.6 is 0 Å². The summed E-state index contributed by atoms with van der Waals surface area (Å²) in [5, 5.41) is 7.66. The molecule has 8 nitrogen and oxygen atoms in total. The number of amides is 1. The molecule has 186 valence electrons. The van der Waals surface area contributed by atoms with Crippen molar-refractivity contribution >= 4 is 21.8 Å². The summed E-state index contributed by atoms with van der Waals surface area (Å²) >= 11 is 0. The Morgan fingerprint density at radius 3 is 2.44 bits per heavy atom. The number of nitrogens with two attached hydrogens (primary N) is 1. The molecule has 2 aliphatic rings. The predicted octanol–water partition coefficient (Wildman–Crippen LogP) is 2.77. The Morgan fingerprint density at radius 2 is 1.69 bits per heavy atom. The fourth-order valence-corrected chi connectivity index (χ4v) is 6.54. The summed E-state index contributed by atoms with van der Waals surface area (Å²) in [4.78, 5) is 15.7. The number of rotatable bonds is 6. The molecule has 2 heterocycles. The zero-order chi connectivity index (χ0) is 25.3. The van der Waals surface area contributed by atoms with Crippen LogP contribution in [-0.4, -0.2) is 54.6 Å². The van der Waals surface area contributed by atoms with Gasteiger partial charge in [0.05, 0.1) is 11.4 Å². The lowest BCUT2D eigenvalue weighted by molar-refractivity contribution is -0.135. The molecule has 0 aliphatic carbocycles. The number of fused-ring (bicyclic) bond motifs is 1. The fraction of sp³-hybridized carbons (Fsp3) is 0.259. The van der Waals surface area contributed by atoms with Crippen molar-refractivity contribution in [2.45, 2.75) is 36.4 Å². The molecule has 9 heteroatoms. The zero-order valence-corrected chi connectivity index (χ0v) is 20.5. The first kappa shape index (κ1) is 24.0. The second kappa shape index (κ2) is 9.75. The number of hydrogen-bond acceptors (Lipinski definition) is 5. The molecule has 0 saturated carbocycles. The van der Waals surface area contributed by atoms with E-state index in [1.165, 1.54) is 9.87 Å². The van der Waals surface area contributed by atoms with Crippen LogP contribution in [0.2, 0.25) is 0 Å². The molecule has 0 bridgehead atoms. The quantitative estimate of drug-likeness (QED) is 0.396. The van der Waals surface area contributed by atoms with Crippen molar-refractivity contribution in [2.75, 3.05) is 13.1 Å². The van der Waals surface area contributed by atoms with E-state index in [1.54, 1.807) is 59.5 Å². The summed E-state index contributed by atoms with van der Waals surface area (Å²) in [7, 11) is -3.93. The van der Waals surface area contributed by atoms with Crippen LogP contribution in [0.5, 0.6) is 5.75 Å². The molecule has 2 atom stereocenters. The van der Waals surface area contributed by atoms with E-state index in [9.17, 15) is 13.2 Å². The number of sulfonamides is 1.